The first kappa shape index (κ1) is 20.7. The third-order valence-electron chi connectivity index (χ3n) is 5.17. The number of thioether (sulfide) groups is 1. The van der Waals surface area contributed by atoms with E-state index in [1.807, 2.05) is 24.3 Å². The van der Waals surface area contributed by atoms with E-state index >= 15 is 0 Å². The van der Waals surface area contributed by atoms with Crippen molar-refractivity contribution < 1.29 is 0 Å². The molecule has 0 fully saturated rings. The molecule has 0 spiro atoms. The molecule has 0 bridgehead atoms. The van der Waals surface area contributed by atoms with Gasteiger partial charge in [0.05, 0.1) is 16.7 Å². The molecule has 5 rings (SSSR count). The quantitative estimate of drug-likeness (QED) is 0.340. The smallest absolute Gasteiger partial charge is 0.258 e. The summed E-state index contributed by atoms with van der Waals surface area (Å²) in [6.07, 6.45) is 1.65. The first-order valence-corrected chi connectivity index (χ1v) is 12.2. The zero-order valence-corrected chi connectivity index (χ0v) is 18.9. The molecule has 0 saturated heterocycles. The first-order chi connectivity index (χ1) is 15.8. The lowest BCUT2D eigenvalue weighted by atomic mass is 10.1. The Morgan fingerprint density at radius 2 is 1.81 bits per heavy atom. The average molecular weight is 460 g/mol. The zero-order chi connectivity index (χ0) is 21.8. The summed E-state index contributed by atoms with van der Waals surface area (Å²) in [6.45, 7) is 0.793. The lowest BCUT2D eigenvalue weighted by Crippen LogP contribution is -2.11. The second kappa shape index (κ2) is 9.50. The van der Waals surface area contributed by atoms with E-state index in [2.05, 4.69) is 66.5 Å². The van der Waals surface area contributed by atoms with Gasteiger partial charge < -0.3 is 9.55 Å². The number of fused-ring (bicyclic) bond motifs is 1. The number of rotatable bonds is 8. The Hall–Kier alpha value is -3.23. The maximum Gasteiger partial charge on any atom is 0.258 e. The average Bonchev–Trinajstić information content (AvgIpc) is 3.47. The number of para-hydroxylation sites is 1. The van der Waals surface area contributed by atoms with E-state index in [9.17, 15) is 4.79 Å². The minimum atomic E-state index is -0.116. The van der Waals surface area contributed by atoms with Crippen LogP contribution in [0.2, 0.25) is 0 Å². The fourth-order valence-electron chi connectivity index (χ4n) is 3.57. The topological polar surface area (TPSA) is 76.5 Å². The summed E-state index contributed by atoms with van der Waals surface area (Å²) in [6, 6.07) is 22.0. The van der Waals surface area contributed by atoms with Gasteiger partial charge in [-0.3, -0.25) is 4.79 Å². The van der Waals surface area contributed by atoms with Gasteiger partial charge in [-0.15, -0.1) is 21.5 Å². The molecule has 32 heavy (non-hydrogen) atoms. The molecule has 3 heterocycles. The summed E-state index contributed by atoms with van der Waals surface area (Å²) < 4.78 is 2.19. The van der Waals surface area contributed by atoms with E-state index in [4.69, 9.17) is 0 Å². The predicted molar refractivity (Wildman–Crippen MR) is 129 cm³/mol. The number of aromatic amines is 1. The molecule has 0 atom stereocenters. The highest BCUT2D eigenvalue weighted by atomic mass is 32.2. The largest absolute Gasteiger partial charge is 0.309 e. The molecular formula is C24H21N5OS2. The molecule has 0 radical (unpaired) electrons. The van der Waals surface area contributed by atoms with Crippen molar-refractivity contribution >= 4 is 34.0 Å². The molecule has 0 unspecified atom stereocenters. The van der Waals surface area contributed by atoms with Crippen molar-refractivity contribution in [2.24, 2.45) is 0 Å². The number of benzene rings is 2. The van der Waals surface area contributed by atoms with Crippen LogP contribution < -0.4 is 5.56 Å². The van der Waals surface area contributed by atoms with Gasteiger partial charge in [0.1, 0.15) is 11.6 Å². The summed E-state index contributed by atoms with van der Waals surface area (Å²) in [4.78, 5) is 21.1. The van der Waals surface area contributed by atoms with Crippen LogP contribution >= 0.6 is 23.1 Å². The van der Waals surface area contributed by atoms with E-state index in [0.29, 0.717) is 22.5 Å². The van der Waals surface area contributed by atoms with Crippen molar-refractivity contribution in [1.29, 1.82) is 0 Å². The van der Waals surface area contributed by atoms with Crippen molar-refractivity contribution in [3.8, 4) is 0 Å². The molecule has 0 aliphatic carbocycles. The third-order valence-corrected chi connectivity index (χ3v) is 7.03. The summed E-state index contributed by atoms with van der Waals surface area (Å²) in [5.41, 5.74) is 1.87. The van der Waals surface area contributed by atoms with Gasteiger partial charge in [0, 0.05) is 17.8 Å². The van der Waals surface area contributed by atoms with Gasteiger partial charge in [-0.2, -0.15) is 0 Å². The summed E-state index contributed by atoms with van der Waals surface area (Å²) >= 11 is 3.27. The van der Waals surface area contributed by atoms with Crippen molar-refractivity contribution in [3.05, 3.63) is 105 Å². The van der Waals surface area contributed by atoms with Crippen molar-refractivity contribution in [1.82, 2.24) is 24.7 Å². The molecule has 5 aromatic rings. The fraction of sp³-hybridized carbons (Fsp3) is 0.167. The number of aromatic nitrogens is 5. The highest BCUT2D eigenvalue weighted by Crippen LogP contribution is 2.23. The Labute approximate surface area is 193 Å². The Bertz CT molecular complexity index is 1380. The van der Waals surface area contributed by atoms with Gasteiger partial charge in [0.25, 0.3) is 5.56 Å². The number of aryl methyl sites for hydroxylation is 1. The summed E-state index contributed by atoms with van der Waals surface area (Å²) in [5.74, 6) is 2.10. The van der Waals surface area contributed by atoms with Crippen LogP contribution in [0.4, 0.5) is 0 Å². The molecule has 2 aromatic carbocycles. The van der Waals surface area contributed by atoms with Gasteiger partial charge in [-0.25, -0.2) is 4.98 Å². The Balaban J connectivity index is 1.38. The maximum absolute atomic E-state index is 12.4. The number of hydrogen-bond acceptors (Lipinski definition) is 6. The highest BCUT2D eigenvalue weighted by molar-refractivity contribution is 7.98. The number of nitrogens with zero attached hydrogens (tertiary/aromatic N) is 4. The van der Waals surface area contributed by atoms with Gasteiger partial charge in [0.15, 0.2) is 5.16 Å². The van der Waals surface area contributed by atoms with E-state index in [-0.39, 0.29) is 5.56 Å². The number of H-pyrrole nitrogens is 1. The Morgan fingerprint density at radius 1 is 0.969 bits per heavy atom. The van der Waals surface area contributed by atoms with Crippen LogP contribution in [0.3, 0.4) is 0 Å². The molecule has 0 amide bonds. The molecule has 8 heteroatoms. The number of hydrogen-bond donors (Lipinski definition) is 1. The SMILES string of the molecule is O=c1[nH]c(CSc2nnc(Cc3cccs3)n2CCc2ccccc2)nc2ccccc12. The van der Waals surface area contributed by atoms with Crippen LogP contribution in [-0.2, 0) is 25.1 Å². The van der Waals surface area contributed by atoms with Crippen molar-refractivity contribution in [2.75, 3.05) is 0 Å². The van der Waals surface area contributed by atoms with Crippen LogP contribution in [0.25, 0.3) is 10.9 Å². The molecule has 0 saturated carbocycles. The monoisotopic (exact) mass is 459 g/mol. The minimum absolute atomic E-state index is 0.116. The second-order valence-corrected chi connectivity index (χ2v) is 9.34. The van der Waals surface area contributed by atoms with Crippen LogP contribution in [0.15, 0.2) is 82.1 Å². The maximum atomic E-state index is 12.4. The summed E-state index contributed by atoms with van der Waals surface area (Å²) in [7, 11) is 0. The van der Waals surface area contributed by atoms with E-state index < -0.39 is 0 Å². The molecule has 160 valence electrons. The normalized spacial score (nSPS) is 11.2. The highest BCUT2D eigenvalue weighted by Gasteiger charge is 2.15. The van der Waals surface area contributed by atoms with E-state index in [0.717, 1.165) is 30.4 Å². The second-order valence-electron chi connectivity index (χ2n) is 7.36. The van der Waals surface area contributed by atoms with E-state index in [1.165, 1.54) is 10.4 Å². The minimum Gasteiger partial charge on any atom is -0.309 e. The van der Waals surface area contributed by atoms with Crippen LogP contribution in [0, 0.1) is 0 Å². The summed E-state index contributed by atoms with van der Waals surface area (Å²) in [5, 5.41) is 12.5. The van der Waals surface area contributed by atoms with Gasteiger partial charge in [-0.1, -0.05) is 60.3 Å². The Morgan fingerprint density at radius 3 is 2.66 bits per heavy atom. The van der Waals surface area contributed by atoms with Gasteiger partial charge >= 0.3 is 0 Å². The first-order valence-electron chi connectivity index (χ1n) is 10.4. The molecule has 0 aliphatic heterocycles. The van der Waals surface area contributed by atoms with Crippen LogP contribution in [0.1, 0.15) is 22.1 Å². The molecule has 1 N–H and O–H groups in total. The van der Waals surface area contributed by atoms with Crippen molar-refractivity contribution in [2.45, 2.75) is 30.3 Å². The molecule has 6 nitrogen and oxygen atoms in total. The molecule has 0 aliphatic rings. The van der Waals surface area contributed by atoms with Crippen molar-refractivity contribution in [3.63, 3.8) is 0 Å². The molecular weight excluding hydrogens is 438 g/mol. The zero-order valence-electron chi connectivity index (χ0n) is 17.3. The lowest BCUT2D eigenvalue weighted by Gasteiger charge is -2.10. The van der Waals surface area contributed by atoms with Crippen LogP contribution in [-0.4, -0.2) is 24.7 Å². The Kier molecular flexibility index (Phi) is 6.13. The fourth-order valence-corrected chi connectivity index (χ4v) is 5.13. The standard InChI is InChI=1S/C24H21N5OS2/c30-23-19-10-4-5-11-20(19)25-21(26-23)16-32-24-28-27-22(15-18-9-6-14-31-18)29(24)13-12-17-7-2-1-3-8-17/h1-11,14H,12-13,15-16H2,(H,25,26,30). The van der Waals surface area contributed by atoms with Gasteiger partial charge in [-0.05, 0) is 35.6 Å². The molecule has 3 aromatic heterocycles. The lowest BCUT2D eigenvalue weighted by molar-refractivity contribution is 0.610. The van der Waals surface area contributed by atoms with Crippen LogP contribution in [0.5, 0.6) is 0 Å². The van der Waals surface area contributed by atoms with Gasteiger partial charge in [0.2, 0.25) is 0 Å². The van der Waals surface area contributed by atoms with E-state index in [1.54, 1.807) is 29.2 Å². The third kappa shape index (κ3) is 4.66. The number of thiophene rings is 1. The predicted octanol–water partition coefficient (Wildman–Crippen LogP) is 4.70. The number of nitrogens with one attached hydrogen (secondary N) is 1.